The molecule has 1 unspecified atom stereocenters. The van der Waals surface area contributed by atoms with Gasteiger partial charge in [0, 0.05) is 26.1 Å². The molecule has 202 valence electrons. The molecule has 1 saturated heterocycles. The summed E-state index contributed by atoms with van der Waals surface area (Å²) in [5.41, 5.74) is -2.79. The molecule has 0 saturated carbocycles. The Hall–Kier alpha value is -3.27. The molecule has 1 aliphatic rings. The number of aromatic nitrogens is 2. The highest BCUT2D eigenvalue weighted by Crippen LogP contribution is 2.37. The van der Waals surface area contributed by atoms with Gasteiger partial charge in [0.2, 0.25) is 0 Å². The molecule has 0 aliphatic carbocycles. The molecular formula is C21H32N4O11. The zero-order valence-electron chi connectivity index (χ0n) is 20.6. The first kappa shape index (κ1) is 29.0. The number of rotatable bonds is 9. The Labute approximate surface area is 206 Å². The smallest absolute Gasteiger partial charge is 0.412 e. The topological polar surface area (TPSA) is 199 Å². The predicted octanol–water partition coefficient (Wildman–Crippen LogP) is -0.593. The average Bonchev–Trinajstić information content (AvgIpc) is 3.01. The van der Waals surface area contributed by atoms with Crippen molar-refractivity contribution in [3.8, 4) is 0 Å². The second kappa shape index (κ2) is 12.1. The maximum absolute atomic E-state index is 12.4. The lowest BCUT2D eigenvalue weighted by Gasteiger charge is -2.27. The maximum Gasteiger partial charge on any atom is 0.412 e. The minimum Gasteiger partial charge on any atom is -0.447 e. The van der Waals surface area contributed by atoms with Crippen LogP contribution in [0.15, 0.2) is 17.1 Å². The summed E-state index contributed by atoms with van der Waals surface area (Å²) in [7, 11) is 1.40. The Bertz CT molecular complexity index is 996. The van der Waals surface area contributed by atoms with Crippen molar-refractivity contribution >= 4 is 24.0 Å². The zero-order valence-corrected chi connectivity index (χ0v) is 20.6. The zero-order chi connectivity index (χ0) is 27.2. The van der Waals surface area contributed by atoms with Crippen LogP contribution in [-0.2, 0) is 23.7 Å². The fourth-order valence-electron chi connectivity index (χ4n) is 3.21. The van der Waals surface area contributed by atoms with E-state index in [-0.39, 0.29) is 24.9 Å². The van der Waals surface area contributed by atoms with Gasteiger partial charge in [-0.2, -0.15) is 4.98 Å². The minimum atomic E-state index is -1.88. The van der Waals surface area contributed by atoms with E-state index in [4.69, 9.17) is 18.9 Å². The highest BCUT2D eigenvalue weighted by Gasteiger charge is 2.53. The molecule has 0 aromatic carbocycles. The standard InChI is InChI=1S/C21H32N4O11/c1-11(2)16(34-12(3)27)36-20(31)24(5)8-9-33-19(30)23-14-6-7-25(18(29)22-14)17-21(4,32)15(28)13(10-26)35-17/h6-7,11,13,15-17,26,28,32H,8-10H2,1-5H3,(H,22,23,29,30)/t13-,15-,16?,17-,21-/m1/s1. The summed E-state index contributed by atoms with van der Waals surface area (Å²) >= 11 is 0. The first-order valence-corrected chi connectivity index (χ1v) is 11.1. The normalized spacial score (nSPS) is 24.2. The Morgan fingerprint density at radius 1 is 1.33 bits per heavy atom. The molecule has 0 spiro atoms. The molecule has 1 aromatic heterocycles. The lowest BCUT2D eigenvalue weighted by atomic mass is 9.96. The van der Waals surface area contributed by atoms with E-state index in [1.807, 2.05) is 0 Å². The van der Waals surface area contributed by atoms with Gasteiger partial charge in [-0.15, -0.1) is 0 Å². The van der Waals surface area contributed by atoms with Crippen LogP contribution in [0.1, 0.15) is 33.9 Å². The number of nitrogens with one attached hydrogen (secondary N) is 1. The SMILES string of the molecule is CC(=O)OC(OC(=O)N(C)CCOC(=O)Nc1ccn([C@@H]2O[C@H](CO)[C@@H](O)[C@@]2(C)O)c(=O)n1)C(C)C. The summed E-state index contributed by atoms with van der Waals surface area (Å²) < 4.78 is 21.3. The fourth-order valence-corrected chi connectivity index (χ4v) is 3.21. The number of hydrogen-bond acceptors (Lipinski definition) is 12. The van der Waals surface area contributed by atoms with Crippen molar-refractivity contribution in [3.63, 3.8) is 0 Å². The number of ether oxygens (including phenoxy) is 4. The Morgan fingerprint density at radius 2 is 2.00 bits per heavy atom. The van der Waals surface area contributed by atoms with E-state index < -0.39 is 60.8 Å². The minimum absolute atomic E-state index is 0.0470. The van der Waals surface area contributed by atoms with Gasteiger partial charge in [-0.1, -0.05) is 13.8 Å². The molecule has 2 heterocycles. The molecule has 1 aromatic rings. The summed E-state index contributed by atoms with van der Waals surface area (Å²) in [5.74, 6) is -1.03. The summed E-state index contributed by atoms with van der Waals surface area (Å²) in [6.45, 7) is 5.01. The maximum atomic E-state index is 12.4. The van der Waals surface area contributed by atoms with Gasteiger partial charge >= 0.3 is 23.8 Å². The molecular weight excluding hydrogens is 484 g/mol. The van der Waals surface area contributed by atoms with Gasteiger partial charge in [0.05, 0.1) is 13.2 Å². The first-order chi connectivity index (χ1) is 16.8. The number of amides is 2. The van der Waals surface area contributed by atoms with Crippen LogP contribution < -0.4 is 11.0 Å². The van der Waals surface area contributed by atoms with Crippen molar-refractivity contribution in [1.82, 2.24) is 14.5 Å². The number of carbonyl (C=O) groups excluding carboxylic acids is 3. The van der Waals surface area contributed by atoms with Crippen LogP contribution in [0.5, 0.6) is 0 Å². The van der Waals surface area contributed by atoms with E-state index in [0.29, 0.717) is 0 Å². The van der Waals surface area contributed by atoms with Crippen molar-refractivity contribution in [2.45, 2.75) is 58.0 Å². The monoisotopic (exact) mass is 516 g/mol. The van der Waals surface area contributed by atoms with Gasteiger partial charge in [-0.05, 0) is 13.0 Å². The second-order valence-electron chi connectivity index (χ2n) is 8.67. The number of nitrogens with zero attached hydrogens (tertiary/aromatic N) is 3. The lowest BCUT2D eigenvalue weighted by Crippen LogP contribution is -2.46. The molecule has 15 nitrogen and oxygen atoms in total. The highest BCUT2D eigenvalue weighted by atomic mass is 16.7. The number of carbonyl (C=O) groups is 3. The Morgan fingerprint density at radius 3 is 2.53 bits per heavy atom. The number of aliphatic hydroxyl groups is 3. The summed E-state index contributed by atoms with van der Waals surface area (Å²) in [4.78, 5) is 52.5. The number of esters is 1. The number of anilines is 1. The van der Waals surface area contributed by atoms with Crippen molar-refractivity contribution in [1.29, 1.82) is 0 Å². The molecule has 15 heteroatoms. The quantitative estimate of drug-likeness (QED) is 0.240. The Balaban J connectivity index is 1.88. The molecule has 0 radical (unpaired) electrons. The molecule has 1 fully saturated rings. The van der Waals surface area contributed by atoms with Gasteiger partial charge in [0.1, 0.15) is 30.2 Å². The number of hydrogen-bond donors (Lipinski definition) is 4. The van der Waals surface area contributed by atoms with Gasteiger partial charge in [0.15, 0.2) is 6.23 Å². The largest absolute Gasteiger partial charge is 0.447 e. The van der Waals surface area contributed by atoms with Gasteiger partial charge in [-0.25, -0.2) is 14.4 Å². The van der Waals surface area contributed by atoms with E-state index in [1.165, 1.54) is 33.2 Å². The van der Waals surface area contributed by atoms with Crippen LogP contribution in [0, 0.1) is 5.92 Å². The molecule has 1 aliphatic heterocycles. The summed E-state index contributed by atoms with van der Waals surface area (Å²) in [6.07, 6.45) is -5.49. The lowest BCUT2D eigenvalue weighted by molar-refractivity contribution is -0.173. The summed E-state index contributed by atoms with van der Waals surface area (Å²) in [6, 6.07) is 1.24. The third-order valence-electron chi connectivity index (χ3n) is 5.26. The van der Waals surface area contributed by atoms with Crippen LogP contribution in [0.25, 0.3) is 0 Å². The van der Waals surface area contributed by atoms with Crippen LogP contribution in [0.3, 0.4) is 0 Å². The van der Waals surface area contributed by atoms with E-state index in [2.05, 4.69) is 10.3 Å². The first-order valence-electron chi connectivity index (χ1n) is 11.1. The molecule has 5 atom stereocenters. The van der Waals surface area contributed by atoms with Crippen molar-refractivity contribution in [2.24, 2.45) is 5.92 Å². The van der Waals surface area contributed by atoms with Crippen LogP contribution >= 0.6 is 0 Å². The van der Waals surface area contributed by atoms with E-state index in [9.17, 15) is 34.5 Å². The predicted molar refractivity (Wildman–Crippen MR) is 121 cm³/mol. The van der Waals surface area contributed by atoms with Crippen molar-refractivity contribution in [3.05, 3.63) is 22.7 Å². The fraction of sp³-hybridized carbons (Fsp3) is 0.667. The highest BCUT2D eigenvalue weighted by molar-refractivity contribution is 5.83. The Kier molecular flexibility index (Phi) is 9.75. The third kappa shape index (κ3) is 7.13. The number of aliphatic hydroxyl groups excluding tert-OH is 2. The number of likely N-dealkylation sites (N-methyl/N-ethyl adjacent to an activating group) is 1. The molecule has 0 bridgehead atoms. The van der Waals surface area contributed by atoms with Crippen molar-refractivity contribution < 1.29 is 48.7 Å². The van der Waals surface area contributed by atoms with Gasteiger partial charge < -0.3 is 39.2 Å². The van der Waals surface area contributed by atoms with Crippen LogP contribution in [0.4, 0.5) is 15.4 Å². The summed E-state index contributed by atoms with van der Waals surface area (Å²) in [5, 5.41) is 32.1. The average molecular weight is 517 g/mol. The molecule has 36 heavy (non-hydrogen) atoms. The van der Waals surface area contributed by atoms with Gasteiger partial charge in [0.25, 0.3) is 6.29 Å². The molecule has 2 rings (SSSR count). The van der Waals surface area contributed by atoms with Crippen LogP contribution in [0.2, 0.25) is 0 Å². The third-order valence-corrected chi connectivity index (χ3v) is 5.26. The molecule has 4 N–H and O–H groups in total. The van der Waals surface area contributed by atoms with E-state index in [1.54, 1.807) is 13.8 Å². The van der Waals surface area contributed by atoms with Crippen LogP contribution in [-0.4, -0.2) is 98.8 Å². The second-order valence-corrected chi connectivity index (χ2v) is 8.67. The van der Waals surface area contributed by atoms with E-state index >= 15 is 0 Å². The van der Waals surface area contributed by atoms with Crippen molar-refractivity contribution in [2.75, 3.05) is 32.1 Å². The van der Waals surface area contributed by atoms with E-state index in [0.717, 1.165) is 9.47 Å². The molecule has 2 amide bonds. The van der Waals surface area contributed by atoms with Gasteiger partial charge in [-0.3, -0.25) is 14.7 Å².